The SMILES string of the molecule is CCNC(=NCCCCCN1CCCCC1)NCCc1ccc(S(C)(=O)=O)cc1. The summed E-state index contributed by atoms with van der Waals surface area (Å²) in [5.74, 6) is 0.858. The zero-order valence-corrected chi connectivity index (χ0v) is 18.9. The predicted octanol–water partition coefficient (Wildman–Crippen LogP) is 2.84. The molecule has 1 aliphatic rings. The third-order valence-electron chi connectivity index (χ3n) is 5.25. The van der Waals surface area contributed by atoms with Gasteiger partial charge in [-0.15, -0.1) is 0 Å². The summed E-state index contributed by atoms with van der Waals surface area (Å²) in [4.78, 5) is 7.64. The summed E-state index contributed by atoms with van der Waals surface area (Å²) in [6.07, 6.45) is 9.80. The Morgan fingerprint density at radius 1 is 1.03 bits per heavy atom. The summed E-state index contributed by atoms with van der Waals surface area (Å²) in [6, 6.07) is 7.11. The van der Waals surface area contributed by atoms with Gasteiger partial charge in [0, 0.05) is 25.9 Å². The fraction of sp³-hybridized carbons (Fsp3) is 0.682. The highest BCUT2D eigenvalue weighted by Gasteiger charge is 2.09. The lowest BCUT2D eigenvalue weighted by molar-refractivity contribution is 0.224. The molecule has 6 nitrogen and oxygen atoms in total. The van der Waals surface area contributed by atoms with E-state index in [1.165, 1.54) is 58.0 Å². The fourth-order valence-electron chi connectivity index (χ4n) is 3.57. The fourth-order valence-corrected chi connectivity index (χ4v) is 4.20. The van der Waals surface area contributed by atoms with Crippen molar-refractivity contribution in [3.05, 3.63) is 29.8 Å². The van der Waals surface area contributed by atoms with Crippen molar-refractivity contribution in [2.45, 2.75) is 56.8 Å². The van der Waals surface area contributed by atoms with E-state index in [0.29, 0.717) is 4.90 Å². The number of hydrogen-bond acceptors (Lipinski definition) is 4. The third-order valence-corrected chi connectivity index (χ3v) is 6.38. The van der Waals surface area contributed by atoms with Crippen LogP contribution < -0.4 is 10.6 Å². The van der Waals surface area contributed by atoms with Crippen LogP contribution in [0.5, 0.6) is 0 Å². The lowest BCUT2D eigenvalue weighted by Crippen LogP contribution is -2.38. The van der Waals surface area contributed by atoms with Gasteiger partial charge in [0.2, 0.25) is 0 Å². The van der Waals surface area contributed by atoms with Crippen molar-refractivity contribution in [1.82, 2.24) is 15.5 Å². The van der Waals surface area contributed by atoms with E-state index in [9.17, 15) is 8.42 Å². The molecule has 1 heterocycles. The van der Waals surface area contributed by atoms with Crippen LogP contribution in [-0.4, -0.2) is 64.8 Å². The van der Waals surface area contributed by atoms with Gasteiger partial charge in [0.05, 0.1) is 4.90 Å². The molecule has 0 aromatic heterocycles. The van der Waals surface area contributed by atoms with Gasteiger partial charge in [-0.1, -0.05) is 25.0 Å². The molecule has 2 N–H and O–H groups in total. The number of piperidine rings is 1. The van der Waals surface area contributed by atoms with E-state index in [0.717, 1.165) is 44.0 Å². The summed E-state index contributed by atoms with van der Waals surface area (Å²) < 4.78 is 23.1. The minimum Gasteiger partial charge on any atom is -0.357 e. The Hall–Kier alpha value is -1.60. The van der Waals surface area contributed by atoms with Crippen molar-refractivity contribution in [3.8, 4) is 0 Å². The van der Waals surface area contributed by atoms with Crippen molar-refractivity contribution >= 4 is 15.8 Å². The molecule has 1 aromatic carbocycles. The van der Waals surface area contributed by atoms with Crippen LogP contribution in [-0.2, 0) is 16.3 Å². The van der Waals surface area contributed by atoms with Gasteiger partial charge in [0.15, 0.2) is 15.8 Å². The molecule has 1 aromatic rings. The number of guanidine groups is 1. The number of nitrogens with one attached hydrogen (secondary N) is 2. The number of likely N-dealkylation sites (tertiary alicyclic amines) is 1. The summed E-state index contributed by atoms with van der Waals surface area (Å²) >= 11 is 0. The molecule has 0 spiro atoms. The van der Waals surface area contributed by atoms with Crippen LogP contribution in [0.25, 0.3) is 0 Å². The van der Waals surface area contributed by atoms with Gasteiger partial charge in [-0.25, -0.2) is 8.42 Å². The molecule has 29 heavy (non-hydrogen) atoms. The maximum Gasteiger partial charge on any atom is 0.191 e. The van der Waals surface area contributed by atoms with Gasteiger partial charge in [-0.05, 0) is 76.4 Å². The number of rotatable bonds is 11. The van der Waals surface area contributed by atoms with Gasteiger partial charge < -0.3 is 15.5 Å². The normalized spacial score (nSPS) is 16.0. The van der Waals surface area contributed by atoms with E-state index >= 15 is 0 Å². The number of nitrogens with zero attached hydrogens (tertiary/aromatic N) is 2. The Morgan fingerprint density at radius 3 is 2.41 bits per heavy atom. The first kappa shape index (κ1) is 23.7. The van der Waals surface area contributed by atoms with Crippen LogP contribution in [0, 0.1) is 0 Å². The lowest BCUT2D eigenvalue weighted by atomic mass is 10.1. The molecule has 2 rings (SSSR count). The quantitative estimate of drug-likeness (QED) is 0.326. The van der Waals surface area contributed by atoms with Gasteiger partial charge >= 0.3 is 0 Å². The molecular weight excluding hydrogens is 384 g/mol. The molecule has 0 radical (unpaired) electrons. The van der Waals surface area contributed by atoms with Crippen molar-refractivity contribution in [1.29, 1.82) is 0 Å². The predicted molar refractivity (Wildman–Crippen MR) is 121 cm³/mol. The standard InChI is InChI=1S/C22H38N4O2S/c1-3-23-22(24-15-6-4-7-17-26-18-8-5-9-19-26)25-16-14-20-10-12-21(13-11-20)29(2,27)28/h10-13H,3-9,14-19H2,1-2H3,(H2,23,24,25). The highest BCUT2D eigenvalue weighted by molar-refractivity contribution is 7.90. The first-order valence-corrected chi connectivity index (χ1v) is 12.9. The largest absolute Gasteiger partial charge is 0.357 e. The number of hydrogen-bond donors (Lipinski definition) is 2. The molecule has 0 atom stereocenters. The Kier molecular flexibility index (Phi) is 10.5. The second-order valence-electron chi connectivity index (χ2n) is 7.82. The minimum absolute atomic E-state index is 0.365. The van der Waals surface area contributed by atoms with E-state index in [2.05, 4.69) is 27.4 Å². The molecule has 1 aliphatic heterocycles. The second kappa shape index (κ2) is 12.9. The van der Waals surface area contributed by atoms with E-state index in [1.54, 1.807) is 12.1 Å². The summed E-state index contributed by atoms with van der Waals surface area (Å²) in [6.45, 7) is 8.31. The smallest absolute Gasteiger partial charge is 0.191 e. The van der Waals surface area contributed by atoms with E-state index in [-0.39, 0.29) is 0 Å². The molecule has 0 aliphatic carbocycles. The zero-order valence-electron chi connectivity index (χ0n) is 18.1. The van der Waals surface area contributed by atoms with Gasteiger partial charge in [-0.3, -0.25) is 4.99 Å². The Morgan fingerprint density at radius 2 is 1.76 bits per heavy atom. The molecule has 1 saturated heterocycles. The maximum absolute atomic E-state index is 11.5. The Bertz CT molecular complexity index is 711. The summed E-state index contributed by atoms with van der Waals surface area (Å²) in [5.41, 5.74) is 1.11. The van der Waals surface area contributed by atoms with Gasteiger partial charge in [0.1, 0.15) is 0 Å². The molecular formula is C22H38N4O2S. The molecule has 164 valence electrons. The molecule has 0 amide bonds. The highest BCUT2D eigenvalue weighted by Crippen LogP contribution is 2.11. The lowest BCUT2D eigenvalue weighted by Gasteiger charge is -2.26. The summed E-state index contributed by atoms with van der Waals surface area (Å²) in [5, 5.41) is 6.66. The average Bonchev–Trinajstić information content (AvgIpc) is 2.71. The number of aliphatic imine (C=N–C) groups is 1. The summed E-state index contributed by atoms with van der Waals surface area (Å²) in [7, 11) is -3.13. The topological polar surface area (TPSA) is 73.8 Å². The van der Waals surface area contributed by atoms with Crippen molar-refractivity contribution < 1.29 is 8.42 Å². The average molecular weight is 423 g/mol. The number of benzene rings is 1. The Balaban J connectivity index is 1.64. The van der Waals surface area contributed by atoms with Crippen molar-refractivity contribution in [2.24, 2.45) is 4.99 Å². The van der Waals surface area contributed by atoms with E-state index in [1.807, 2.05) is 12.1 Å². The molecule has 0 unspecified atom stereocenters. The first-order valence-electron chi connectivity index (χ1n) is 11.0. The van der Waals surface area contributed by atoms with Gasteiger partial charge in [-0.2, -0.15) is 0 Å². The number of sulfone groups is 1. The van der Waals surface area contributed by atoms with Crippen LogP contribution >= 0.6 is 0 Å². The first-order chi connectivity index (χ1) is 14.0. The second-order valence-corrected chi connectivity index (χ2v) is 9.83. The van der Waals surface area contributed by atoms with E-state index < -0.39 is 9.84 Å². The minimum atomic E-state index is -3.13. The van der Waals surface area contributed by atoms with Gasteiger partial charge in [0.25, 0.3) is 0 Å². The van der Waals surface area contributed by atoms with E-state index in [4.69, 9.17) is 0 Å². The number of unbranched alkanes of at least 4 members (excludes halogenated alkanes) is 2. The van der Waals surface area contributed by atoms with Crippen LogP contribution in [0.1, 0.15) is 51.0 Å². The van der Waals surface area contributed by atoms with Crippen LogP contribution in [0.2, 0.25) is 0 Å². The van der Waals surface area contributed by atoms with Crippen LogP contribution in [0.4, 0.5) is 0 Å². The molecule has 0 bridgehead atoms. The third kappa shape index (κ3) is 9.63. The Labute approximate surface area is 177 Å². The molecule has 0 saturated carbocycles. The maximum atomic E-state index is 11.5. The molecule has 7 heteroatoms. The zero-order chi connectivity index (χ0) is 21.0. The van der Waals surface area contributed by atoms with Crippen molar-refractivity contribution in [2.75, 3.05) is 45.5 Å². The van der Waals surface area contributed by atoms with Crippen LogP contribution in [0.15, 0.2) is 34.2 Å². The van der Waals surface area contributed by atoms with Crippen LogP contribution in [0.3, 0.4) is 0 Å². The monoisotopic (exact) mass is 422 g/mol. The highest BCUT2D eigenvalue weighted by atomic mass is 32.2. The van der Waals surface area contributed by atoms with Crippen molar-refractivity contribution in [3.63, 3.8) is 0 Å². The molecule has 1 fully saturated rings.